The monoisotopic (exact) mass is 532 g/mol. The molecule has 8 heteroatoms. The number of ether oxygens (including phenoxy) is 1. The number of nitrogens with zero attached hydrogens (tertiary/aromatic N) is 1. The summed E-state index contributed by atoms with van der Waals surface area (Å²) in [5, 5.41) is 23.4. The minimum absolute atomic E-state index is 0.0627. The van der Waals surface area contributed by atoms with Crippen molar-refractivity contribution in [3.05, 3.63) is 35.9 Å². The molecule has 0 unspecified atom stereocenters. The number of unbranched alkanes of at least 4 members (excludes halogenated alkanes) is 1. The zero-order valence-electron chi connectivity index (χ0n) is 23.9. The van der Waals surface area contributed by atoms with Gasteiger partial charge in [0.15, 0.2) is 0 Å². The first-order valence-electron chi connectivity index (χ1n) is 14.1. The number of carbonyl (C=O) groups is 3. The van der Waals surface area contributed by atoms with Crippen LogP contribution < -0.4 is 5.32 Å². The van der Waals surface area contributed by atoms with E-state index in [4.69, 9.17) is 4.74 Å². The minimum atomic E-state index is -1.04. The van der Waals surface area contributed by atoms with Crippen molar-refractivity contribution in [3.63, 3.8) is 0 Å². The van der Waals surface area contributed by atoms with E-state index in [9.17, 15) is 24.6 Å². The molecule has 0 saturated carbocycles. The van der Waals surface area contributed by atoms with Crippen molar-refractivity contribution in [1.29, 1.82) is 0 Å². The van der Waals surface area contributed by atoms with E-state index in [0.717, 1.165) is 24.8 Å². The van der Waals surface area contributed by atoms with Gasteiger partial charge in [-0.15, -0.1) is 0 Å². The lowest BCUT2D eigenvalue weighted by atomic mass is 9.89. The molecule has 2 rings (SSSR count). The number of cyclic esters (lactones) is 1. The number of benzene rings is 1. The Hall–Kier alpha value is -2.45. The van der Waals surface area contributed by atoms with Crippen LogP contribution in [0.3, 0.4) is 0 Å². The molecule has 0 aliphatic carbocycles. The first-order chi connectivity index (χ1) is 17.9. The number of likely N-dealkylation sites (N-methyl/N-ethyl adjacent to an activating group) is 1. The molecule has 1 aromatic rings. The van der Waals surface area contributed by atoms with Crippen molar-refractivity contribution in [2.45, 2.75) is 110 Å². The number of esters is 1. The van der Waals surface area contributed by atoms with E-state index in [2.05, 4.69) is 5.32 Å². The molecule has 2 amide bonds. The molecule has 0 spiro atoms. The van der Waals surface area contributed by atoms with Gasteiger partial charge >= 0.3 is 5.97 Å². The first-order valence-corrected chi connectivity index (χ1v) is 14.1. The fraction of sp³-hybridized carbons (Fsp3) is 0.700. The van der Waals surface area contributed by atoms with Crippen molar-refractivity contribution in [2.24, 2.45) is 17.8 Å². The molecular formula is C30H48N2O6. The van der Waals surface area contributed by atoms with E-state index in [1.54, 1.807) is 20.9 Å². The number of nitrogens with one attached hydrogen (secondary N) is 1. The van der Waals surface area contributed by atoms with Gasteiger partial charge in [-0.1, -0.05) is 70.9 Å². The number of rotatable bonds is 10. The Morgan fingerprint density at radius 2 is 1.68 bits per heavy atom. The second-order valence-corrected chi connectivity index (χ2v) is 11.5. The molecule has 38 heavy (non-hydrogen) atoms. The van der Waals surface area contributed by atoms with Crippen LogP contribution in [0.5, 0.6) is 0 Å². The van der Waals surface area contributed by atoms with E-state index in [1.165, 1.54) is 4.90 Å². The zero-order valence-corrected chi connectivity index (χ0v) is 23.9. The second kappa shape index (κ2) is 15.2. The maximum atomic E-state index is 13.7. The number of aliphatic hydroxyl groups excluding tert-OH is 2. The predicted molar refractivity (Wildman–Crippen MR) is 147 cm³/mol. The lowest BCUT2D eigenvalue weighted by Gasteiger charge is -2.36. The van der Waals surface area contributed by atoms with E-state index in [1.807, 2.05) is 51.1 Å². The summed E-state index contributed by atoms with van der Waals surface area (Å²) in [6, 6.07) is 7.72. The number of aliphatic hydroxyl groups is 2. The summed E-state index contributed by atoms with van der Waals surface area (Å²) in [6.45, 7) is 9.34. The molecule has 0 aromatic heterocycles. The Balaban J connectivity index is 2.34. The third-order valence-corrected chi connectivity index (χ3v) is 7.58. The van der Waals surface area contributed by atoms with Gasteiger partial charge in [0.2, 0.25) is 11.8 Å². The van der Waals surface area contributed by atoms with Crippen molar-refractivity contribution >= 4 is 17.8 Å². The van der Waals surface area contributed by atoms with Crippen LogP contribution in [0.4, 0.5) is 0 Å². The molecule has 3 N–H and O–H groups in total. The highest BCUT2D eigenvalue weighted by Gasteiger charge is 2.38. The Bertz CT molecular complexity index is 890. The predicted octanol–water partition coefficient (Wildman–Crippen LogP) is 3.48. The van der Waals surface area contributed by atoms with E-state index < -0.39 is 42.1 Å². The van der Waals surface area contributed by atoms with Crippen LogP contribution in [0, 0.1) is 17.8 Å². The van der Waals surface area contributed by atoms with Crippen LogP contribution in [-0.2, 0) is 25.5 Å². The SMILES string of the molecule is CC(C)C[C@H]1C(=O)O[C@H]([C@@H](C)CCCC[C@@H](C)O)C[C@@H](O)[C@@H](C)C(=O)N[C@H](Cc2ccccc2)C(=O)N1C. The number of amides is 2. The third-order valence-electron chi connectivity index (χ3n) is 7.58. The molecule has 1 fully saturated rings. The average molecular weight is 533 g/mol. The summed E-state index contributed by atoms with van der Waals surface area (Å²) >= 11 is 0. The molecule has 7 atom stereocenters. The molecule has 214 valence electrons. The average Bonchev–Trinajstić information content (AvgIpc) is 2.87. The van der Waals surface area contributed by atoms with E-state index in [-0.39, 0.29) is 36.7 Å². The van der Waals surface area contributed by atoms with Gasteiger partial charge in [0.1, 0.15) is 18.2 Å². The molecular weight excluding hydrogens is 484 g/mol. The molecule has 8 nitrogen and oxygen atoms in total. The lowest BCUT2D eigenvalue weighted by Crippen LogP contribution is -2.56. The van der Waals surface area contributed by atoms with Gasteiger partial charge in [-0.2, -0.15) is 0 Å². The van der Waals surface area contributed by atoms with Crippen LogP contribution in [-0.4, -0.2) is 70.3 Å². The van der Waals surface area contributed by atoms with Crippen LogP contribution in [0.25, 0.3) is 0 Å². The maximum absolute atomic E-state index is 13.7. The molecule has 1 aliphatic rings. The molecule has 1 aromatic carbocycles. The van der Waals surface area contributed by atoms with Crippen molar-refractivity contribution in [2.75, 3.05) is 7.05 Å². The van der Waals surface area contributed by atoms with Gasteiger partial charge in [-0.25, -0.2) is 4.79 Å². The first kappa shape index (κ1) is 31.8. The van der Waals surface area contributed by atoms with Crippen LogP contribution >= 0.6 is 0 Å². The van der Waals surface area contributed by atoms with Crippen molar-refractivity contribution in [3.8, 4) is 0 Å². The lowest BCUT2D eigenvalue weighted by molar-refractivity contribution is -0.165. The standard InChI is InChI=1S/C30H48N2O6/c1-19(2)16-25-30(37)38-27(20(3)12-10-11-13-21(4)33)18-26(34)22(5)28(35)31-24(29(36)32(25)6)17-23-14-8-7-9-15-23/h7-9,14-15,19-22,24-27,33-34H,10-13,16-18H2,1-6H3,(H,31,35)/t20-,21+,22+,24+,25-,26+,27-/m0/s1. The van der Waals surface area contributed by atoms with Crippen LogP contribution in [0.1, 0.15) is 78.7 Å². The minimum Gasteiger partial charge on any atom is -0.460 e. The van der Waals surface area contributed by atoms with Gasteiger partial charge in [0.05, 0.1) is 18.1 Å². The van der Waals surface area contributed by atoms with Gasteiger partial charge in [-0.3, -0.25) is 9.59 Å². The molecule has 0 radical (unpaired) electrons. The van der Waals surface area contributed by atoms with E-state index >= 15 is 0 Å². The Morgan fingerprint density at radius 3 is 2.29 bits per heavy atom. The van der Waals surface area contributed by atoms with Crippen molar-refractivity contribution in [1.82, 2.24) is 10.2 Å². The summed E-state index contributed by atoms with van der Waals surface area (Å²) in [7, 11) is 1.60. The Kier molecular flexibility index (Phi) is 12.7. The fourth-order valence-corrected chi connectivity index (χ4v) is 4.94. The molecule has 1 heterocycles. The smallest absolute Gasteiger partial charge is 0.329 e. The summed E-state index contributed by atoms with van der Waals surface area (Å²) in [5.41, 5.74) is 0.882. The van der Waals surface area contributed by atoms with Gasteiger partial charge in [0, 0.05) is 19.9 Å². The van der Waals surface area contributed by atoms with Crippen LogP contribution in [0.15, 0.2) is 30.3 Å². The fourth-order valence-electron chi connectivity index (χ4n) is 4.94. The topological polar surface area (TPSA) is 116 Å². The largest absolute Gasteiger partial charge is 0.460 e. The van der Waals surface area contributed by atoms with E-state index in [0.29, 0.717) is 12.8 Å². The molecule has 1 aliphatic heterocycles. The number of carbonyl (C=O) groups excluding carboxylic acids is 3. The quantitative estimate of drug-likeness (QED) is 0.314. The van der Waals surface area contributed by atoms with Gasteiger partial charge < -0.3 is 25.2 Å². The summed E-state index contributed by atoms with van der Waals surface area (Å²) in [4.78, 5) is 41.9. The number of hydrogen-bond acceptors (Lipinski definition) is 6. The molecule has 1 saturated heterocycles. The number of hydrogen-bond donors (Lipinski definition) is 3. The zero-order chi connectivity index (χ0) is 28.4. The Morgan fingerprint density at radius 1 is 1.05 bits per heavy atom. The molecule has 0 bridgehead atoms. The highest BCUT2D eigenvalue weighted by Crippen LogP contribution is 2.26. The van der Waals surface area contributed by atoms with Crippen LogP contribution in [0.2, 0.25) is 0 Å². The second-order valence-electron chi connectivity index (χ2n) is 11.5. The highest BCUT2D eigenvalue weighted by molar-refractivity contribution is 5.91. The highest BCUT2D eigenvalue weighted by atomic mass is 16.5. The maximum Gasteiger partial charge on any atom is 0.329 e. The summed E-state index contributed by atoms with van der Waals surface area (Å²) < 4.78 is 6.03. The normalized spacial score (nSPS) is 27.2. The third kappa shape index (κ3) is 9.70. The van der Waals surface area contributed by atoms with Gasteiger partial charge in [-0.05, 0) is 43.6 Å². The summed E-state index contributed by atoms with van der Waals surface area (Å²) in [5.74, 6) is -1.99. The van der Waals surface area contributed by atoms with Gasteiger partial charge in [0.25, 0.3) is 0 Å². The Labute approximate surface area is 228 Å². The van der Waals surface area contributed by atoms with Crippen molar-refractivity contribution < 1.29 is 29.3 Å². The summed E-state index contributed by atoms with van der Waals surface area (Å²) in [6.07, 6.45) is 1.97.